The van der Waals surface area contributed by atoms with Crippen molar-refractivity contribution < 1.29 is 9.90 Å². The van der Waals surface area contributed by atoms with E-state index in [2.05, 4.69) is 5.32 Å². The molecule has 0 aliphatic heterocycles. The molecule has 5 nitrogen and oxygen atoms in total. The first-order chi connectivity index (χ1) is 9.63. The van der Waals surface area contributed by atoms with E-state index in [4.69, 9.17) is 15.6 Å². The molecule has 2 unspecified atom stereocenters. The summed E-state index contributed by atoms with van der Waals surface area (Å²) in [7, 11) is 0. The third-order valence-electron chi connectivity index (χ3n) is 3.65. The fourth-order valence-corrected chi connectivity index (χ4v) is 2.60. The Labute approximate surface area is 117 Å². The number of rotatable bonds is 3. The Kier molecular flexibility index (Phi) is 4.22. The van der Waals surface area contributed by atoms with Crippen molar-refractivity contribution in [3.05, 3.63) is 29.3 Å². The third-order valence-corrected chi connectivity index (χ3v) is 3.65. The van der Waals surface area contributed by atoms with Gasteiger partial charge in [0.05, 0.1) is 17.0 Å². The van der Waals surface area contributed by atoms with Crippen LogP contribution in [0.3, 0.4) is 0 Å². The number of nitrogens with zero attached hydrogens (tertiary/aromatic N) is 2. The van der Waals surface area contributed by atoms with Gasteiger partial charge in [0.15, 0.2) is 0 Å². The number of benzene rings is 1. The van der Waals surface area contributed by atoms with Crippen LogP contribution in [0, 0.1) is 28.6 Å². The molecule has 0 bridgehead atoms. The summed E-state index contributed by atoms with van der Waals surface area (Å²) < 4.78 is 0. The monoisotopic (exact) mass is 269 g/mol. The van der Waals surface area contributed by atoms with Gasteiger partial charge in [0.1, 0.15) is 12.1 Å². The summed E-state index contributed by atoms with van der Waals surface area (Å²) in [5, 5.41) is 30.2. The van der Waals surface area contributed by atoms with E-state index >= 15 is 0 Å². The fourth-order valence-electron chi connectivity index (χ4n) is 2.60. The molecule has 1 aromatic rings. The zero-order chi connectivity index (χ0) is 14.5. The van der Waals surface area contributed by atoms with Gasteiger partial charge < -0.3 is 10.4 Å². The highest BCUT2D eigenvalue weighted by atomic mass is 16.4. The maximum Gasteiger partial charge on any atom is 0.306 e. The van der Waals surface area contributed by atoms with E-state index in [9.17, 15) is 4.79 Å². The van der Waals surface area contributed by atoms with Gasteiger partial charge in [-0.3, -0.25) is 4.79 Å². The van der Waals surface area contributed by atoms with Gasteiger partial charge in [-0.25, -0.2) is 0 Å². The van der Waals surface area contributed by atoms with Crippen LogP contribution >= 0.6 is 0 Å². The fraction of sp³-hybridized carbons (Fsp3) is 0.400. The normalized spacial score (nSPS) is 21.5. The highest BCUT2D eigenvalue weighted by Gasteiger charge is 2.26. The largest absolute Gasteiger partial charge is 0.481 e. The Balaban J connectivity index is 2.09. The molecule has 5 heteroatoms. The topological polar surface area (TPSA) is 96.9 Å². The lowest BCUT2D eigenvalue weighted by molar-refractivity contribution is -0.142. The predicted octanol–water partition coefficient (Wildman–Crippen LogP) is 2.49. The minimum Gasteiger partial charge on any atom is -0.481 e. The van der Waals surface area contributed by atoms with Crippen LogP contribution in [0.2, 0.25) is 0 Å². The third kappa shape index (κ3) is 3.07. The van der Waals surface area contributed by atoms with Gasteiger partial charge in [0, 0.05) is 11.7 Å². The van der Waals surface area contributed by atoms with E-state index in [1.165, 1.54) is 0 Å². The molecule has 0 amide bonds. The van der Waals surface area contributed by atoms with Crippen LogP contribution in [0.1, 0.15) is 36.8 Å². The van der Waals surface area contributed by atoms with Crippen LogP contribution < -0.4 is 5.32 Å². The summed E-state index contributed by atoms with van der Waals surface area (Å²) in [6.45, 7) is 0. The number of nitrogens with one attached hydrogen (secondary N) is 1. The van der Waals surface area contributed by atoms with E-state index in [1.807, 2.05) is 12.1 Å². The summed E-state index contributed by atoms with van der Waals surface area (Å²) in [6, 6.07) is 9.07. The minimum atomic E-state index is -0.742. The SMILES string of the molecule is N#Cc1ccc(NC2CCCC(C(=O)O)C2)cc1C#N. The van der Waals surface area contributed by atoms with Crippen LogP contribution in [0.15, 0.2) is 18.2 Å². The van der Waals surface area contributed by atoms with Gasteiger partial charge in [0.2, 0.25) is 0 Å². The van der Waals surface area contributed by atoms with Gasteiger partial charge in [-0.2, -0.15) is 10.5 Å². The Morgan fingerprint density at radius 1 is 1.25 bits per heavy atom. The molecule has 102 valence electrons. The molecule has 1 aliphatic carbocycles. The molecular weight excluding hydrogens is 254 g/mol. The van der Waals surface area contributed by atoms with Crippen molar-refractivity contribution in [1.82, 2.24) is 0 Å². The van der Waals surface area contributed by atoms with Gasteiger partial charge in [-0.05, 0) is 37.5 Å². The summed E-state index contributed by atoms with van der Waals surface area (Å²) in [4.78, 5) is 11.0. The van der Waals surface area contributed by atoms with Crippen molar-refractivity contribution in [3.8, 4) is 12.1 Å². The van der Waals surface area contributed by atoms with Crippen LogP contribution in [-0.2, 0) is 4.79 Å². The highest BCUT2D eigenvalue weighted by molar-refractivity contribution is 5.70. The van der Waals surface area contributed by atoms with Gasteiger partial charge in [-0.15, -0.1) is 0 Å². The molecule has 20 heavy (non-hydrogen) atoms. The smallest absolute Gasteiger partial charge is 0.306 e. The van der Waals surface area contributed by atoms with Crippen LogP contribution in [0.25, 0.3) is 0 Å². The first kappa shape index (κ1) is 13.9. The van der Waals surface area contributed by atoms with Gasteiger partial charge in [0.25, 0.3) is 0 Å². The lowest BCUT2D eigenvalue weighted by Crippen LogP contribution is -2.30. The second-order valence-electron chi connectivity index (χ2n) is 5.03. The van der Waals surface area contributed by atoms with Crippen molar-refractivity contribution in [1.29, 1.82) is 10.5 Å². The van der Waals surface area contributed by atoms with Crippen molar-refractivity contribution in [2.45, 2.75) is 31.7 Å². The quantitative estimate of drug-likeness (QED) is 0.878. The molecule has 1 fully saturated rings. The summed E-state index contributed by atoms with van der Waals surface area (Å²) >= 11 is 0. The number of carbonyl (C=O) groups is 1. The molecule has 2 atom stereocenters. The molecule has 1 aliphatic rings. The minimum absolute atomic E-state index is 0.101. The zero-order valence-corrected chi connectivity index (χ0v) is 11.0. The molecular formula is C15H15N3O2. The van der Waals surface area contributed by atoms with Gasteiger partial charge in [-0.1, -0.05) is 6.42 Å². The van der Waals surface area contributed by atoms with Crippen LogP contribution in [-0.4, -0.2) is 17.1 Å². The number of hydrogen-bond donors (Lipinski definition) is 2. The van der Waals surface area contributed by atoms with Gasteiger partial charge >= 0.3 is 5.97 Å². The molecule has 2 N–H and O–H groups in total. The first-order valence-electron chi connectivity index (χ1n) is 6.57. The number of carboxylic acids is 1. The summed E-state index contributed by atoms with van der Waals surface area (Å²) in [5.74, 6) is -1.04. The summed E-state index contributed by atoms with van der Waals surface area (Å²) in [5.41, 5.74) is 1.45. The molecule has 0 aromatic heterocycles. The van der Waals surface area contributed by atoms with Crippen molar-refractivity contribution in [2.24, 2.45) is 5.92 Å². The second-order valence-corrected chi connectivity index (χ2v) is 5.03. The average Bonchev–Trinajstić information content (AvgIpc) is 2.47. The highest BCUT2D eigenvalue weighted by Crippen LogP contribution is 2.27. The number of anilines is 1. The Hall–Kier alpha value is -2.53. The first-order valence-corrected chi connectivity index (χ1v) is 6.57. The molecule has 1 aromatic carbocycles. The molecule has 0 saturated heterocycles. The van der Waals surface area contributed by atoms with Crippen LogP contribution in [0.4, 0.5) is 5.69 Å². The number of carboxylic acid groups (broad SMARTS) is 1. The van der Waals surface area contributed by atoms with E-state index < -0.39 is 5.97 Å². The van der Waals surface area contributed by atoms with E-state index in [0.717, 1.165) is 24.9 Å². The van der Waals surface area contributed by atoms with E-state index in [1.54, 1.807) is 18.2 Å². The number of nitriles is 2. The molecule has 0 radical (unpaired) electrons. The predicted molar refractivity (Wildman–Crippen MR) is 72.9 cm³/mol. The van der Waals surface area contributed by atoms with Crippen molar-refractivity contribution in [2.75, 3.05) is 5.32 Å². The molecule has 0 heterocycles. The Bertz CT molecular complexity index is 598. The lowest BCUT2D eigenvalue weighted by Gasteiger charge is -2.28. The van der Waals surface area contributed by atoms with E-state index in [-0.39, 0.29) is 12.0 Å². The number of hydrogen-bond acceptors (Lipinski definition) is 4. The Morgan fingerprint density at radius 3 is 2.65 bits per heavy atom. The Morgan fingerprint density at radius 2 is 2.00 bits per heavy atom. The molecule has 2 rings (SSSR count). The lowest BCUT2D eigenvalue weighted by atomic mass is 9.85. The van der Waals surface area contributed by atoms with Crippen molar-refractivity contribution >= 4 is 11.7 Å². The van der Waals surface area contributed by atoms with Crippen LogP contribution in [0.5, 0.6) is 0 Å². The maximum atomic E-state index is 11.0. The van der Waals surface area contributed by atoms with E-state index in [0.29, 0.717) is 17.5 Å². The zero-order valence-electron chi connectivity index (χ0n) is 11.0. The second kappa shape index (κ2) is 6.08. The van der Waals surface area contributed by atoms with Crippen molar-refractivity contribution in [3.63, 3.8) is 0 Å². The number of aliphatic carboxylic acids is 1. The average molecular weight is 269 g/mol. The standard InChI is InChI=1S/C15H15N3O2/c16-8-11-4-5-14(7-12(11)9-17)18-13-3-1-2-10(6-13)15(19)20/h4-5,7,10,13,18H,1-3,6H2,(H,19,20). The summed E-state index contributed by atoms with van der Waals surface area (Å²) in [6.07, 6.45) is 3.13. The molecule has 1 saturated carbocycles. The maximum absolute atomic E-state index is 11.0. The molecule has 0 spiro atoms.